The van der Waals surface area contributed by atoms with Crippen LogP contribution in [-0.2, 0) is 10.8 Å². The summed E-state index contributed by atoms with van der Waals surface area (Å²) in [6.07, 6.45) is 0. The quantitative estimate of drug-likeness (QED) is 0.173. The van der Waals surface area contributed by atoms with Crippen LogP contribution in [-0.4, -0.2) is 0 Å². The molecule has 0 spiro atoms. The van der Waals surface area contributed by atoms with Gasteiger partial charge in [0.25, 0.3) is 0 Å². The zero-order chi connectivity index (χ0) is 47.5. The Bertz CT molecular complexity index is 4980. The third kappa shape index (κ3) is 4.73. The Balaban J connectivity index is 0.891. The van der Waals surface area contributed by atoms with Crippen molar-refractivity contribution in [2.75, 3.05) is 0 Å². The number of benzene rings is 11. The Kier molecular flexibility index (Phi) is 7.08. The number of hydrogen-bond donors (Lipinski definition) is 0. The minimum atomic E-state index is -0.392. The van der Waals surface area contributed by atoms with Crippen molar-refractivity contribution in [1.29, 1.82) is 0 Å². The van der Waals surface area contributed by atoms with Gasteiger partial charge in [-0.1, -0.05) is 149 Å². The van der Waals surface area contributed by atoms with Gasteiger partial charge in [-0.05, 0) is 138 Å². The van der Waals surface area contributed by atoms with E-state index in [0.717, 1.165) is 110 Å². The van der Waals surface area contributed by atoms with Gasteiger partial charge in [-0.15, -0.1) is 0 Å². The largest absolute Gasteiger partial charge is 0.456 e. The fourth-order valence-corrected chi connectivity index (χ4v) is 13.8. The smallest absolute Gasteiger partial charge is 0.144 e. The maximum absolute atomic E-state index is 7.11. The molecule has 17 rings (SSSR count). The highest BCUT2D eigenvalue weighted by Crippen LogP contribution is 2.63. The topological polar surface area (TPSA) is 52.6 Å². The van der Waals surface area contributed by atoms with Gasteiger partial charge < -0.3 is 17.7 Å². The lowest BCUT2D eigenvalue weighted by Crippen LogP contribution is -2.24. The fraction of sp³-hybridized carbons (Fsp3) is 0.0882. The van der Waals surface area contributed by atoms with Gasteiger partial charge in [0.2, 0.25) is 0 Å². The molecular formula is C68H42O4. The standard InChI is InChI=1S/C68H42O4/c1-67(2)49-34-48(38-22-26-44-56(32-38)70-54-30-24-36-14-6-8-16-40(36)58(44)54)65-62(42-18-10-12-20-52(42)71-65)60(49)45-27-28-46-61-50(68(3,4)64(46)63(45)67)33-47(59-41-17-9-11-19-51(41)72-66(59)61)37-21-25-43-55(31-37)69-53-29-23-35-13-5-7-15-39(35)57(43)53/h5-34H,1-4H3. The van der Waals surface area contributed by atoms with Crippen molar-refractivity contribution in [3.63, 3.8) is 0 Å². The molecule has 4 heterocycles. The Morgan fingerprint density at radius 1 is 0.292 bits per heavy atom. The Hall–Kier alpha value is -8.86. The van der Waals surface area contributed by atoms with Crippen LogP contribution in [0.1, 0.15) is 49.9 Å². The summed E-state index contributed by atoms with van der Waals surface area (Å²) in [4.78, 5) is 0. The van der Waals surface area contributed by atoms with E-state index in [9.17, 15) is 0 Å². The van der Waals surface area contributed by atoms with Gasteiger partial charge >= 0.3 is 0 Å². The van der Waals surface area contributed by atoms with E-state index in [-0.39, 0.29) is 5.41 Å². The second kappa shape index (κ2) is 13.1. The zero-order valence-electron chi connectivity index (χ0n) is 40.0. The van der Waals surface area contributed by atoms with Gasteiger partial charge in [0.1, 0.15) is 44.7 Å². The van der Waals surface area contributed by atoms with Gasteiger partial charge in [-0.3, -0.25) is 0 Å². The second-order valence-electron chi connectivity index (χ2n) is 21.4. The average molecular weight is 923 g/mol. The summed E-state index contributed by atoms with van der Waals surface area (Å²) < 4.78 is 27.5. The lowest BCUT2D eigenvalue weighted by Gasteiger charge is -2.31. The van der Waals surface area contributed by atoms with Crippen LogP contribution in [0.5, 0.6) is 0 Å². The normalized spacial score (nSPS) is 14.6. The number of hydrogen-bond acceptors (Lipinski definition) is 4. The zero-order valence-corrected chi connectivity index (χ0v) is 40.0. The molecule has 4 nitrogen and oxygen atoms in total. The van der Waals surface area contributed by atoms with Gasteiger partial charge in [0, 0.05) is 65.0 Å². The summed E-state index contributed by atoms with van der Waals surface area (Å²) >= 11 is 0. The van der Waals surface area contributed by atoms with Gasteiger partial charge in [-0.2, -0.15) is 0 Å². The van der Waals surface area contributed by atoms with E-state index < -0.39 is 5.41 Å². The molecule has 4 heteroatoms. The number of fused-ring (bicyclic) bond motifs is 25. The molecule has 72 heavy (non-hydrogen) atoms. The monoisotopic (exact) mass is 922 g/mol. The van der Waals surface area contributed by atoms with Crippen molar-refractivity contribution in [2.24, 2.45) is 0 Å². The molecule has 0 N–H and O–H groups in total. The van der Waals surface area contributed by atoms with E-state index in [1.165, 1.54) is 66.1 Å². The molecule has 338 valence electrons. The summed E-state index contributed by atoms with van der Waals surface area (Å²) in [6.45, 7) is 9.69. The van der Waals surface area contributed by atoms with Crippen LogP contribution in [0.4, 0.5) is 0 Å². The highest BCUT2D eigenvalue weighted by Gasteiger charge is 2.48. The predicted molar refractivity (Wildman–Crippen MR) is 297 cm³/mol. The van der Waals surface area contributed by atoms with Crippen LogP contribution < -0.4 is 0 Å². The van der Waals surface area contributed by atoms with Crippen molar-refractivity contribution >= 4 is 109 Å². The van der Waals surface area contributed by atoms with Crippen LogP contribution in [0.2, 0.25) is 0 Å². The van der Waals surface area contributed by atoms with Crippen molar-refractivity contribution in [1.82, 2.24) is 0 Å². The predicted octanol–water partition coefficient (Wildman–Crippen LogP) is 19.5. The van der Waals surface area contributed by atoms with E-state index in [0.29, 0.717) is 0 Å². The molecule has 0 unspecified atom stereocenters. The first-order valence-electron chi connectivity index (χ1n) is 25.1. The van der Waals surface area contributed by atoms with E-state index >= 15 is 0 Å². The lowest BCUT2D eigenvalue weighted by molar-refractivity contribution is 0.601. The first-order valence-corrected chi connectivity index (χ1v) is 25.1. The fourth-order valence-electron chi connectivity index (χ4n) is 13.8. The molecular weight excluding hydrogens is 881 g/mol. The Morgan fingerprint density at radius 3 is 1.35 bits per heavy atom. The van der Waals surface area contributed by atoms with Crippen molar-refractivity contribution in [3.8, 4) is 44.5 Å². The van der Waals surface area contributed by atoms with E-state index in [1.54, 1.807) is 0 Å². The molecule has 0 saturated carbocycles. The lowest BCUT2D eigenvalue weighted by atomic mass is 9.72. The molecule has 0 aliphatic heterocycles. The molecule has 0 atom stereocenters. The van der Waals surface area contributed by atoms with Crippen molar-refractivity contribution < 1.29 is 17.7 Å². The third-order valence-corrected chi connectivity index (χ3v) is 17.0. The summed E-state index contributed by atoms with van der Waals surface area (Å²) in [5, 5.41) is 13.9. The maximum atomic E-state index is 7.11. The minimum absolute atomic E-state index is 0.384. The summed E-state index contributed by atoms with van der Waals surface area (Å²) in [5.74, 6) is 0. The Morgan fingerprint density at radius 2 is 0.750 bits per heavy atom. The van der Waals surface area contributed by atoms with E-state index in [4.69, 9.17) is 17.7 Å². The summed E-state index contributed by atoms with van der Waals surface area (Å²) in [7, 11) is 0. The molecule has 0 amide bonds. The molecule has 11 aromatic carbocycles. The van der Waals surface area contributed by atoms with Crippen molar-refractivity contribution in [2.45, 2.75) is 38.5 Å². The number of para-hydroxylation sites is 2. The summed E-state index contributed by atoms with van der Waals surface area (Å²) in [6, 6.07) is 65.8. The first kappa shape index (κ1) is 38.9. The molecule has 0 bridgehead atoms. The third-order valence-electron chi connectivity index (χ3n) is 17.0. The average Bonchev–Trinajstić information content (AvgIpc) is 4.25. The van der Waals surface area contributed by atoms with Crippen LogP contribution >= 0.6 is 0 Å². The van der Waals surface area contributed by atoms with Crippen LogP contribution in [0.25, 0.3) is 154 Å². The van der Waals surface area contributed by atoms with Crippen LogP contribution in [0, 0.1) is 0 Å². The van der Waals surface area contributed by atoms with E-state index in [2.05, 4.69) is 210 Å². The molecule has 0 saturated heterocycles. The van der Waals surface area contributed by atoms with Gasteiger partial charge in [0.15, 0.2) is 0 Å². The molecule has 2 aliphatic rings. The minimum Gasteiger partial charge on any atom is -0.456 e. The van der Waals surface area contributed by atoms with Crippen LogP contribution in [0.15, 0.2) is 200 Å². The van der Waals surface area contributed by atoms with Gasteiger partial charge in [0.05, 0.1) is 0 Å². The van der Waals surface area contributed by atoms with Crippen LogP contribution in [0.3, 0.4) is 0 Å². The molecule has 0 fully saturated rings. The highest BCUT2D eigenvalue weighted by molar-refractivity contribution is 6.24. The van der Waals surface area contributed by atoms with Crippen molar-refractivity contribution in [3.05, 3.63) is 204 Å². The summed E-state index contributed by atoms with van der Waals surface area (Å²) in [5.41, 5.74) is 21.0. The molecule has 2 aliphatic carbocycles. The molecule has 15 aromatic rings. The SMILES string of the molecule is CC1(C)c2cc(-c3ccc4c(c3)oc3ccc5ccccc5c34)c3c(oc4ccccc43)c2-c2ccc3c(c21)C(C)(C)c1cc(-c2ccc4c(c2)oc2ccc5ccccc5c24)c2oc4ccccc4c2c1-3. The molecule has 4 aromatic heterocycles. The van der Waals surface area contributed by atoms with Gasteiger partial charge in [-0.25, -0.2) is 0 Å². The maximum Gasteiger partial charge on any atom is 0.144 e. The number of furan rings is 4. The molecule has 0 radical (unpaired) electrons. The second-order valence-corrected chi connectivity index (χ2v) is 21.4. The first-order chi connectivity index (χ1) is 35.2. The highest BCUT2D eigenvalue weighted by atomic mass is 16.3. The number of rotatable bonds is 2. The Labute approximate surface area is 412 Å². The van der Waals surface area contributed by atoms with E-state index in [1.807, 2.05) is 0 Å².